The van der Waals surface area contributed by atoms with E-state index in [-0.39, 0.29) is 23.4 Å². The second-order valence-electron chi connectivity index (χ2n) is 8.03. The van der Waals surface area contributed by atoms with Gasteiger partial charge in [-0.15, -0.1) is 0 Å². The molecule has 1 N–H and O–H groups in total. The Bertz CT molecular complexity index is 1040. The van der Waals surface area contributed by atoms with E-state index in [0.29, 0.717) is 18.0 Å². The standard InChI is InChI=1S/C14H22N2O.C12H9FN2O.C2H6/c1-3-5-11-6-4-7-14(17-11)12-8-9-16-10-13(12)15-2;1-8-3-2-4-10(13)11(8)12-14-6-5-9(7-16)15-12;1-2/h8-11,14-15H,3-7H2,1-2H3;2-7H,1H3;1-2H3/t11-,14?;;/m1../s1. The summed E-state index contributed by atoms with van der Waals surface area (Å²) in [5.74, 6) is -0.150. The zero-order valence-electron chi connectivity index (χ0n) is 21.4. The highest BCUT2D eigenvalue weighted by atomic mass is 19.1. The molecule has 0 aliphatic carbocycles. The number of nitrogens with one attached hydrogen (secondary N) is 1. The van der Waals surface area contributed by atoms with E-state index >= 15 is 0 Å². The number of aryl methyl sites for hydroxylation is 1. The quantitative estimate of drug-likeness (QED) is 0.384. The summed E-state index contributed by atoms with van der Waals surface area (Å²) in [6, 6.07) is 8.30. The Morgan fingerprint density at radius 2 is 1.97 bits per heavy atom. The third-order valence-corrected chi connectivity index (χ3v) is 5.67. The van der Waals surface area contributed by atoms with Crippen molar-refractivity contribution >= 4 is 12.0 Å². The van der Waals surface area contributed by atoms with Crippen molar-refractivity contribution in [2.24, 2.45) is 0 Å². The summed E-state index contributed by atoms with van der Waals surface area (Å²) in [7, 11) is 1.94. The van der Waals surface area contributed by atoms with E-state index in [2.05, 4.69) is 33.3 Å². The Morgan fingerprint density at radius 3 is 2.66 bits per heavy atom. The largest absolute Gasteiger partial charge is 0.387 e. The number of halogens is 1. The lowest BCUT2D eigenvalue weighted by atomic mass is 9.96. The molecule has 1 aliphatic heterocycles. The molecule has 3 heterocycles. The summed E-state index contributed by atoms with van der Waals surface area (Å²) in [4.78, 5) is 22.7. The number of aldehydes is 1. The lowest BCUT2D eigenvalue weighted by Crippen LogP contribution is -2.22. The second kappa shape index (κ2) is 14.9. The van der Waals surface area contributed by atoms with Crippen molar-refractivity contribution < 1.29 is 13.9 Å². The molecule has 0 amide bonds. The number of carbonyl (C=O) groups excluding carboxylic acids is 1. The lowest BCUT2D eigenvalue weighted by molar-refractivity contribution is -0.0547. The van der Waals surface area contributed by atoms with Gasteiger partial charge >= 0.3 is 0 Å². The summed E-state index contributed by atoms with van der Waals surface area (Å²) < 4.78 is 19.8. The minimum absolute atomic E-state index is 0.236. The van der Waals surface area contributed by atoms with Gasteiger partial charge in [0.05, 0.1) is 29.7 Å². The molecule has 1 saturated heterocycles. The Labute approximate surface area is 208 Å². The zero-order valence-corrected chi connectivity index (χ0v) is 21.4. The maximum atomic E-state index is 13.6. The second-order valence-corrected chi connectivity index (χ2v) is 8.03. The number of carbonyl (C=O) groups is 1. The zero-order chi connectivity index (χ0) is 25.6. The number of nitrogens with zero attached hydrogens (tertiary/aromatic N) is 3. The molecule has 1 aliphatic rings. The number of hydrogen-bond acceptors (Lipinski definition) is 6. The fourth-order valence-electron chi connectivity index (χ4n) is 4.03. The lowest BCUT2D eigenvalue weighted by Gasteiger charge is -2.31. The van der Waals surface area contributed by atoms with Crippen molar-refractivity contribution in [2.45, 2.75) is 72.0 Å². The molecule has 188 valence electrons. The first-order chi connectivity index (χ1) is 17.1. The third-order valence-electron chi connectivity index (χ3n) is 5.67. The van der Waals surface area contributed by atoms with Gasteiger partial charge in [0.15, 0.2) is 12.1 Å². The summed E-state index contributed by atoms with van der Waals surface area (Å²) in [5.41, 5.74) is 3.67. The van der Waals surface area contributed by atoms with Crippen molar-refractivity contribution in [2.75, 3.05) is 12.4 Å². The highest BCUT2D eigenvalue weighted by Crippen LogP contribution is 2.35. The van der Waals surface area contributed by atoms with Crippen molar-refractivity contribution in [3.63, 3.8) is 0 Å². The number of hydrogen-bond donors (Lipinski definition) is 1. The maximum Gasteiger partial charge on any atom is 0.168 e. The van der Waals surface area contributed by atoms with E-state index < -0.39 is 0 Å². The van der Waals surface area contributed by atoms with Crippen molar-refractivity contribution in [1.82, 2.24) is 15.0 Å². The molecule has 1 fully saturated rings. The fourth-order valence-corrected chi connectivity index (χ4v) is 4.03. The monoisotopic (exact) mass is 480 g/mol. The van der Waals surface area contributed by atoms with Crippen LogP contribution in [0.2, 0.25) is 0 Å². The SMILES string of the molecule is CC.CCC[C@@H]1CCCC(c2ccncc2NC)O1.Cc1cccc(F)c1-c1nccc(C=O)n1. The highest BCUT2D eigenvalue weighted by molar-refractivity contribution is 5.73. The highest BCUT2D eigenvalue weighted by Gasteiger charge is 2.24. The van der Waals surface area contributed by atoms with Crippen LogP contribution in [0.25, 0.3) is 11.4 Å². The Balaban J connectivity index is 0.000000231. The molecule has 1 aromatic carbocycles. The molecule has 0 saturated carbocycles. The van der Waals surface area contributed by atoms with E-state index in [4.69, 9.17) is 4.74 Å². The van der Waals surface area contributed by atoms with Gasteiger partial charge in [-0.3, -0.25) is 9.78 Å². The van der Waals surface area contributed by atoms with Crippen molar-refractivity contribution in [3.05, 3.63) is 71.6 Å². The minimum atomic E-state index is -0.386. The number of aromatic nitrogens is 3. The van der Waals surface area contributed by atoms with Gasteiger partial charge in [-0.25, -0.2) is 14.4 Å². The number of ether oxygens (including phenoxy) is 1. The van der Waals surface area contributed by atoms with Crippen LogP contribution in [0.15, 0.2) is 48.9 Å². The van der Waals surface area contributed by atoms with Gasteiger partial charge in [0.25, 0.3) is 0 Å². The van der Waals surface area contributed by atoms with Crippen LogP contribution in [0.3, 0.4) is 0 Å². The Morgan fingerprint density at radius 1 is 1.17 bits per heavy atom. The van der Waals surface area contributed by atoms with E-state index in [9.17, 15) is 9.18 Å². The predicted octanol–water partition coefficient (Wildman–Crippen LogP) is 6.96. The van der Waals surface area contributed by atoms with Crippen molar-refractivity contribution in [3.8, 4) is 11.4 Å². The molecule has 0 bridgehead atoms. The summed E-state index contributed by atoms with van der Waals surface area (Å²) >= 11 is 0. The van der Waals surface area contributed by atoms with Gasteiger partial charge in [-0.05, 0) is 56.4 Å². The number of rotatable bonds is 6. The van der Waals surface area contributed by atoms with E-state index in [1.807, 2.05) is 33.3 Å². The average molecular weight is 481 g/mol. The number of pyridine rings is 1. The molecular weight excluding hydrogens is 443 g/mol. The molecule has 2 aromatic heterocycles. The topological polar surface area (TPSA) is 77.0 Å². The molecule has 6 nitrogen and oxygen atoms in total. The first kappa shape index (κ1) is 28.1. The van der Waals surface area contributed by atoms with Crippen LogP contribution in [0, 0.1) is 12.7 Å². The van der Waals surface area contributed by atoms with Gasteiger partial charge in [0.2, 0.25) is 0 Å². The third kappa shape index (κ3) is 7.92. The summed E-state index contributed by atoms with van der Waals surface area (Å²) in [6.45, 7) is 7.99. The van der Waals surface area contributed by atoms with Crippen LogP contribution in [0.1, 0.15) is 80.6 Å². The molecule has 2 atom stereocenters. The predicted molar refractivity (Wildman–Crippen MR) is 139 cm³/mol. The normalized spacial score (nSPS) is 16.7. The molecule has 0 spiro atoms. The molecule has 1 unspecified atom stereocenters. The summed E-state index contributed by atoms with van der Waals surface area (Å²) in [6.07, 6.45) is 12.4. The number of anilines is 1. The minimum Gasteiger partial charge on any atom is -0.387 e. The van der Waals surface area contributed by atoms with Crippen LogP contribution in [-0.2, 0) is 4.74 Å². The molecule has 35 heavy (non-hydrogen) atoms. The molecule has 7 heteroatoms. The van der Waals surface area contributed by atoms with E-state index in [0.717, 1.165) is 17.7 Å². The first-order valence-corrected chi connectivity index (χ1v) is 12.4. The van der Waals surface area contributed by atoms with Gasteiger partial charge in [-0.1, -0.05) is 39.3 Å². The van der Waals surface area contributed by atoms with E-state index in [1.165, 1.54) is 49.6 Å². The molecule has 4 rings (SSSR count). The molecular formula is C28H37FN4O2. The maximum absolute atomic E-state index is 13.6. The van der Waals surface area contributed by atoms with E-state index in [1.54, 1.807) is 19.1 Å². The Kier molecular flexibility index (Phi) is 12.0. The molecule has 0 radical (unpaired) electrons. The number of benzene rings is 1. The van der Waals surface area contributed by atoms with Crippen molar-refractivity contribution in [1.29, 1.82) is 0 Å². The van der Waals surface area contributed by atoms with Crippen LogP contribution in [0.5, 0.6) is 0 Å². The summed E-state index contributed by atoms with van der Waals surface area (Å²) in [5, 5.41) is 3.20. The Hall–Kier alpha value is -3.19. The first-order valence-electron chi connectivity index (χ1n) is 12.4. The van der Waals surface area contributed by atoms with Crippen LogP contribution in [0.4, 0.5) is 10.1 Å². The van der Waals surface area contributed by atoms with Gasteiger partial charge in [0, 0.05) is 25.0 Å². The van der Waals surface area contributed by atoms with Gasteiger partial charge < -0.3 is 10.1 Å². The van der Waals surface area contributed by atoms with Gasteiger partial charge in [-0.2, -0.15) is 0 Å². The van der Waals surface area contributed by atoms with Crippen LogP contribution >= 0.6 is 0 Å². The smallest absolute Gasteiger partial charge is 0.168 e. The fraction of sp³-hybridized carbons (Fsp3) is 0.429. The van der Waals surface area contributed by atoms with Gasteiger partial charge in [0.1, 0.15) is 11.5 Å². The van der Waals surface area contributed by atoms with Crippen LogP contribution < -0.4 is 5.32 Å². The molecule has 3 aromatic rings. The average Bonchev–Trinajstić information content (AvgIpc) is 2.90. The van der Waals surface area contributed by atoms with Crippen LogP contribution in [-0.4, -0.2) is 34.4 Å².